The quantitative estimate of drug-likeness (QED) is 0.490. The summed E-state index contributed by atoms with van der Waals surface area (Å²) in [5.74, 6) is 1.29. The Balaban J connectivity index is 1.60. The lowest BCUT2D eigenvalue weighted by atomic mass is 9.90. The Labute approximate surface area is 183 Å². The van der Waals surface area contributed by atoms with Crippen molar-refractivity contribution in [1.29, 1.82) is 0 Å². The summed E-state index contributed by atoms with van der Waals surface area (Å²) >= 11 is 0. The number of hydrogen-bond donors (Lipinski definition) is 3. The first kappa shape index (κ1) is 23.5. The summed E-state index contributed by atoms with van der Waals surface area (Å²) in [5.41, 5.74) is -0.549. The van der Waals surface area contributed by atoms with E-state index in [1.807, 2.05) is 18.2 Å². The maximum Gasteiger partial charge on any atom is 0.243 e. The summed E-state index contributed by atoms with van der Waals surface area (Å²) in [6, 6.07) is 13.8. The minimum Gasteiger partial charge on any atom is -0.493 e. The Bertz CT molecular complexity index is 969. The van der Waals surface area contributed by atoms with E-state index in [4.69, 9.17) is 9.47 Å². The smallest absolute Gasteiger partial charge is 0.243 e. The molecule has 2 aromatic rings. The van der Waals surface area contributed by atoms with Crippen LogP contribution in [0.3, 0.4) is 0 Å². The van der Waals surface area contributed by atoms with E-state index >= 15 is 0 Å². The van der Waals surface area contributed by atoms with Crippen LogP contribution in [0.4, 0.5) is 0 Å². The van der Waals surface area contributed by atoms with E-state index in [-0.39, 0.29) is 31.0 Å². The maximum absolute atomic E-state index is 12.9. The van der Waals surface area contributed by atoms with Crippen LogP contribution < -0.4 is 14.8 Å². The number of β-amino-alcohol motifs (C(OH)–C–C–N with tert-alkyl or cyclic N) is 1. The number of nitrogens with one attached hydrogen (secondary N) is 1. The van der Waals surface area contributed by atoms with E-state index < -0.39 is 21.7 Å². The molecule has 2 aromatic carbocycles. The van der Waals surface area contributed by atoms with Gasteiger partial charge in [-0.05, 0) is 49.2 Å². The van der Waals surface area contributed by atoms with E-state index in [1.165, 1.54) is 16.4 Å². The molecule has 31 heavy (non-hydrogen) atoms. The fraction of sp³-hybridized carbons (Fsp3) is 0.455. The number of benzene rings is 2. The number of aliphatic hydroxyl groups excluding tert-OH is 1. The van der Waals surface area contributed by atoms with Crippen LogP contribution in [0.2, 0.25) is 0 Å². The van der Waals surface area contributed by atoms with E-state index in [2.05, 4.69) is 5.32 Å². The van der Waals surface area contributed by atoms with Gasteiger partial charge in [0.1, 0.15) is 5.60 Å². The van der Waals surface area contributed by atoms with Crippen molar-refractivity contribution in [2.24, 2.45) is 0 Å². The van der Waals surface area contributed by atoms with Gasteiger partial charge in [0.15, 0.2) is 11.5 Å². The molecule has 0 aromatic heterocycles. The van der Waals surface area contributed by atoms with Gasteiger partial charge < -0.3 is 25.0 Å². The highest BCUT2D eigenvalue weighted by Gasteiger charge is 2.44. The Morgan fingerprint density at radius 3 is 2.52 bits per heavy atom. The lowest BCUT2D eigenvalue weighted by molar-refractivity contribution is -0.104. The fourth-order valence-electron chi connectivity index (χ4n) is 3.72. The molecule has 2 atom stereocenters. The molecule has 9 heteroatoms. The zero-order chi connectivity index (χ0) is 22.5. The highest BCUT2D eigenvalue weighted by Crippen LogP contribution is 2.28. The fourth-order valence-corrected chi connectivity index (χ4v) is 5.26. The van der Waals surface area contributed by atoms with Gasteiger partial charge in [-0.1, -0.05) is 24.3 Å². The van der Waals surface area contributed by atoms with Gasteiger partial charge in [-0.15, -0.1) is 0 Å². The number of nitrogens with zero attached hydrogens (tertiary/aromatic N) is 1. The number of rotatable bonds is 9. The van der Waals surface area contributed by atoms with Crippen LogP contribution in [0.5, 0.6) is 11.5 Å². The number of sulfonamides is 1. The van der Waals surface area contributed by atoms with Gasteiger partial charge in [-0.3, -0.25) is 0 Å². The molecule has 1 aliphatic heterocycles. The van der Waals surface area contributed by atoms with Gasteiger partial charge >= 0.3 is 0 Å². The number of aliphatic hydroxyl groups is 2. The van der Waals surface area contributed by atoms with Crippen LogP contribution in [0.1, 0.15) is 12.0 Å². The molecule has 1 aliphatic rings. The standard InChI is InChI=1S/C22H30N2O6S/c1-29-19-9-8-17(14-20(19)30-2)10-12-23-15-22(26)16-24(13-11-21(22)25)31(27,28)18-6-4-3-5-7-18/h3-9,14,21,23,25-26H,10-13,15-16H2,1-2H3/t21-,22+/m1/s1. The van der Waals surface area contributed by atoms with Gasteiger partial charge in [-0.25, -0.2) is 8.42 Å². The summed E-state index contributed by atoms with van der Waals surface area (Å²) < 4.78 is 37.6. The normalized spacial score (nSPS) is 22.3. The van der Waals surface area contributed by atoms with Crippen LogP contribution in [0.15, 0.2) is 53.4 Å². The Hall–Kier alpha value is -2.17. The van der Waals surface area contributed by atoms with E-state index in [0.717, 1.165) is 5.56 Å². The molecule has 0 amide bonds. The zero-order valence-electron chi connectivity index (χ0n) is 17.8. The lowest BCUT2D eigenvalue weighted by Crippen LogP contribution is -2.62. The molecule has 1 saturated heterocycles. The van der Waals surface area contributed by atoms with Crippen molar-refractivity contribution < 1.29 is 28.1 Å². The van der Waals surface area contributed by atoms with Crippen molar-refractivity contribution in [3.05, 3.63) is 54.1 Å². The van der Waals surface area contributed by atoms with Crippen molar-refractivity contribution >= 4 is 10.0 Å². The monoisotopic (exact) mass is 450 g/mol. The molecule has 0 radical (unpaired) electrons. The van der Waals surface area contributed by atoms with Crippen LogP contribution in [-0.2, 0) is 16.4 Å². The Morgan fingerprint density at radius 2 is 1.84 bits per heavy atom. The minimum atomic E-state index is -3.74. The van der Waals surface area contributed by atoms with E-state index in [9.17, 15) is 18.6 Å². The third kappa shape index (κ3) is 5.36. The summed E-state index contributed by atoms with van der Waals surface area (Å²) in [5, 5.41) is 24.5. The van der Waals surface area contributed by atoms with E-state index in [0.29, 0.717) is 24.5 Å². The third-order valence-electron chi connectivity index (χ3n) is 5.57. The molecular weight excluding hydrogens is 420 g/mol. The van der Waals surface area contributed by atoms with Crippen LogP contribution in [-0.4, -0.2) is 75.0 Å². The highest BCUT2D eigenvalue weighted by atomic mass is 32.2. The average Bonchev–Trinajstić information content (AvgIpc) is 2.79. The summed E-state index contributed by atoms with van der Waals surface area (Å²) in [7, 11) is -0.577. The van der Waals surface area contributed by atoms with Gasteiger partial charge in [0.25, 0.3) is 0 Å². The molecule has 0 saturated carbocycles. The maximum atomic E-state index is 12.9. The first-order chi connectivity index (χ1) is 14.8. The van der Waals surface area contributed by atoms with Gasteiger partial charge in [0.2, 0.25) is 10.0 Å². The second kappa shape index (κ2) is 9.97. The molecule has 0 bridgehead atoms. The Kier molecular flexibility index (Phi) is 7.55. The summed E-state index contributed by atoms with van der Waals surface area (Å²) in [4.78, 5) is 0.176. The molecule has 8 nitrogen and oxygen atoms in total. The predicted octanol–water partition coefficient (Wildman–Crippen LogP) is 1.02. The van der Waals surface area contributed by atoms with Crippen molar-refractivity contribution in [3.8, 4) is 11.5 Å². The summed E-state index contributed by atoms with van der Waals surface area (Å²) in [6.07, 6.45) is -0.179. The topological polar surface area (TPSA) is 108 Å². The largest absolute Gasteiger partial charge is 0.493 e. The predicted molar refractivity (Wildman–Crippen MR) is 117 cm³/mol. The molecule has 1 fully saturated rings. The summed E-state index contributed by atoms with van der Waals surface area (Å²) in [6.45, 7) is 0.597. The third-order valence-corrected chi connectivity index (χ3v) is 7.43. The molecule has 0 aliphatic carbocycles. The van der Waals surface area contributed by atoms with Crippen molar-refractivity contribution in [1.82, 2.24) is 9.62 Å². The van der Waals surface area contributed by atoms with Gasteiger partial charge in [0, 0.05) is 19.6 Å². The zero-order valence-corrected chi connectivity index (χ0v) is 18.6. The van der Waals surface area contributed by atoms with Gasteiger partial charge in [0.05, 0.1) is 25.2 Å². The van der Waals surface area contributed by atoms with Crippen LogP contribution >= 0.6 is 0 Å². The molecule has 1 heterocycles. The Morgan fingerprint density at radius 1 is 1.13 bits per heavy atom. The number of ether oxygens (including phenoxy) is 2. The highest BCUT2D eigenvalue weighted by molar-refractivity contribution is 7.89. The second-order valence-corrected chi connectivity index (χ2v) is 9.61. The molecule has 0 unspecified atom stereocenters. The first-order valence-electron chi connectivity index (χ1n) is 10.2. The van der Waals surface area contributed by atoms with Crippen molar-refractivity contribution in [2.75, 3.05) is 40.4 Å². The van der Waals surface area contributed by atoms with Crippen molar-refractivity contribution in [2.45, 2.75) is 29.4 Å². The molecule has 0 spiro atoms. The van der Waals surface area contributed by atoms with Crippen LogP contribution in [0.25, 0.3) is 0 Å². The number of methoxy groups -OCH3 is 2. The van der Waals surface area contributed by atoms with Crippen LogP contribution in [0, 0.1) is 0 Å². The second-order valence-electron chi connectivity index (χ2n) is 7.68. The average molecular weight is 451 g/mol. The number of piperidine rings is 1. The molecule has 3 rings (SSSR count). The lowest BCUT2D eigenvalue weighted by Gasteiger charge is -2.42. The van der Waals surface area contributed by atoms with E-state index in [1.54, 1.807) is 32.4 Å². The SMILES string of the molecule is COc1ccc(CCNC[C@]2(O)CN(S(=O)(=O)c3ccccc3)CC[C@H]2O)cc1OC. The van der Waals surface area contributed by atoms with Gasteiger partial charge in [-0.2, -0.15) is 4.31 Å². The number of hydrogen-bond acceptors (Lipinski definition) is 7. The minimum absolute atomic E-state index is 0.0717. The molecule has 170 valence electrons. The molecular formula is C22H30N2O6S. The molecule has 3 N–H and O–H groups in total. The first-order valence-corrected chi connectivity index (χ1v) is 11.6. The van der Waals surface area contributed by atoms with Crippen molar-refractivity contribution in [3.63, 3.8) is 0 Å².